The first-order valence-corrected chi connectivity index (χ1v) is 8.94. The molecule has 5 heteroatoms. The van der Waals surface area contributed by atoms with Crippen LogP contribution in [-0.2, 0) is 10.3 Å². The number of nitrogens with one attached hydrogen (secondary N) is 2. The summed E-state index contributed by atoms with van der Waals surface area (Å²) < 4.78 is 10.8. The van der Waals surface area contributed by atoms with Crippen molar-refractivity contribution < 1.29 is 14.3 Å². The summed E-state index contributed by atoms with van der Waals surface area (Å²) in [6.07, 6.45) is 1.57. The fourth-order valence-corrected chi connectivity index (χ4v) is 2.66. The van der Waals surface area contributed by atoms with E-state index in [-0.39, 0.29) is 6.03 Å². The minimum atomic E-state index is -0.445. The molecule has 2 aromatic carbocycles. The highest BCUT2D eigenvalue weighted by molar-refractivity contribution is 5.91. The zero-order chi connectivity index (χ0) is 18.8. The van der Waals surface area contributed by atoms with Crippen molar-refractivity contribution in [3.8, 4) is 5.75 Å². The Kier molecular flexibility index (Phi) is 7.48. The molecule has 0 spiro atoms. The van der Waals surface area contributed by atoms with Crippen molar-refractivity contribution in [2.75, 3.05) is 25.6 Å². The van der Waals surface area contributed by atoms with Crippen molar-refractivity contribution in [3.05, 3.63) is 60.2 Å². The summed E-state index contributed by atoms with van der Waals surface area (Å²) in [5, 5.41) is 5.99. The first-order chi connectivity index (χ1) is 12.6. The summed E-state index contributed by atoms with van der Waals surface area (Å²) in [6, 6.07) is 17.1. The van der Waals surface area contributed by atoms with Crippen molar-refractivity contribution in [2.45, 2.75) is 32.2 Å². The molecule has 0 saturated heterocycles. The molecule has 0 aliphatic rings. The molecule has 2 rings (SSSR count). The second-order valence-electron chi connectivity index (χ2n) is 6.32. The molecule has 26 heavy (non-hydrogen) atoms. The molecule has 140 valence electrons. The number of methoxy groups -OCH3 is 1. The van der Waals surface area contributed by atoms with Crippen molar-refractivity contribution in [1.29, 1.82) is 0 Å². The van der Waals surface area contributed by atoms with Crippen LogP contribution in [0.3, 0.4) is 0 Å². The average Bonchev–Trinajstić information content (AvgIpc) is 2.67. The van der Waals surface area contributed by atoms with E-state index in [4.69, 9.17) is 9.47 Å². The Morgan fingerprint density at radius 2 is 1.73 bits per heavy atom. The lowest BCUT2D eigenvalue weighted by atomic mass is 9.89. The molecule has 0 bridgehead atoms. The largest absolute Gasteiger partial charge is 0.491 e. The van der Waals surface area contributed by atoms with Crippen molar-refractivity contribution in [3.63, 3.8) is 0 Å². The van der Waals surface area contributed by atoms with Crippen LogP contribution in [0.25, 0.3) is 0 Å². The van der Waals surface area contributed by atoms with Gasteiger partial charge >= 0.3 is 6.03 Å². The predicted molar refractivity (Wildman–Crippen MR) is 105 cm³/mol. The van der Waals surface area contributed by atoms with E-state index < -0.39 is 5.54 Å². The van der Waals surface area contributed by atoms with E-state index in [1.54, 1.807) is 7.11 Å². The lowest BCUT2D eigenvalue weighted by molar-refractivity contribution is 0.172. The zero-order valence-electron chi connectivity index (χ0n) is 15.7. The number of rotatable bonds is 9. The van der Waals surface area contributed by atoms with E-state index in [0.29, 0.717) is 24.7 Å². The van der Waals surface area contributed by atoms with Crippen LogP contribution in [0, 0.1) is 0 Å². The zero-order valence-corrected chi connectivity index (χ0v) is 15.7. The van der Waals surface area contributed by atoms with Gasteiger partial charge < -0.3 is 20.1 Å². The van der Waals surface area contributed by atoms with Gasteiger partial charge in [0.25, 0.3) is 0 Å². The van der Waals surface area contributed by atoms with Crippen LogP contribution in [-0.4, -0.2) is 26.4 Å². The van der Waals surface area contributed by atoms with Gasteiger partial charge in [0.05, 0.1) is 17.8 Å². The topological polar surface area (TPSA) is 59.6 Å². The summed E-state index contributed by atoms with van der Waals surface area (Å²) in [5.74, 6) is 0.650. The predicted octanol–water partition coefficient (Wildman–Crippen LogP) is 4.55. The van der Waals surface area contributed by atoms with Gasteiger partial charge in [-0.15, -0.1) is 0 Å². The molecule has 1 unspecified atom stereocenters. The highest BCUT2D eigenvalue weighted by Gasteiger charge is 2.26. The first kappa shape index (κ1) is 19.8. The van der Waals surface area contributed by atoms with Gasteiger partial charge in [0, 0.05) is 20.1 Å². The van der Waals surface area contributed by atoms with Gasteiger partial charge in [-0.1, -0.05) is 49.4 Å². The third-order valence-electron chi connectivity index (χ3n) is 4.39. The van der Waals surface area contributed by atoms with Gasteiger partial charge in [-0.3, -0.25) is 0 Å². The van der Waals surface area contributed by atoms with Gasteiger partial charge in [0.15, 0.2) is 0 Å². The normalized spacial score (nSPS) is 12.9. The van der Waals surface area contributed by atoms with Crippen LogP contribution in [0.15, 0.2) is 54.6 Å². The summed E-state index contributed by atoms with van der Waals surface area (Å²) >= 11 is 0. The van der Waals surface area contributed by atoms with Crippen LogP contribution in [0.2, 0.25) is 0 Å². The summed E-state index contributed by atoms with van der Waals surface area (Å²) in [5.41, 5.74) is 1.27. The van der Waals surface area contributed by atoms with Crippen molar-refractivity contribution in [1.82, 2.24) is 5.32 Å². The Bertz CT molecular complexity index is 691. The first-order valence-electron chi connectivity index (χ1n) is 8.94. The number of ether oxygens (including phenoxy) is 2. The number of benzene rings is 2. The van der Waals surface area contributed by atoms with Gasteiger partial charge in [-0.05, 0) is 31.0 Å². The van der Waals surface area contributed by atoms with Crippen molar-refractivity contribution in [2.24, 2.45) is 0 Å². The fraction of sp³-hybridized carbons (Fsp3) is 0.381. The number of hydrogen-bond acceptors (Lipinski definition) is 3. The van der Waals surface area contributed by atoms with Crippen molar-refractivity contribution >= 4 is 11.7 Å². The molecule has 2 aromatic rings. The smallest absolute Gasteiger partial charge is 0.320 e. The minimum absolute atomic E-state index is 0.258. The van der Waals surface area contributed by atoms with Crippen LogP contribution < -0.4 is 15.4 Å². The lowest BCUT2D eigenvalue weighted by Crippen LogP contribution is -2.45. The average molecular weight is 356 g/mol. The summed E-state index contributed by atoms with van der Waals surface area (Å²) in [7, 11) is 1.66. The molecule has 5 nitrogen and oxygen atoms in total. The molecule has 0 heterocycles. The minimum Gasteiger partial charge on any atom is -0.491 e. The Hall–Kier alpha value is -2.53. The van der Waals surface area contributed by atoms with E-state index in [1.807, 2.05) is 61.5 Å². The van der Waals surface area contributed by atoms with Crippen LogP contribution in [0.5, 0.6) is 5.75 Å². The molecule has 2 amide bonds. The van der Waals surface area contributed by atoms with Gasteiger partial charge in [-0.25, -0.2) is 4.79 Å². The van der Waals surface area contributed by atoms with Gasteiger partial charge in [0.1, 0.15) is 5.75 Å². The van der Waals surface area contributed by atoms with Crippen LogP contribution in [0.1, 0.15) is 32.3 Å². The third kappa shape index (κ3) is 5.49. The molecule has 0 radical (unpaired) electrons. The van der Waals surface area contributed by atoms with E-state index in [9.17, 15) is 4.79 Å². The standard InChI is InChI=1S/C21H28N2O3/c1-4-21(2,17-11-6-5-7-12-17)23-20(24)22-18-13-8-9-14-19(18)26-16-10-15-25-3/h5-9,11-14H,4,10,15-16H2,1-3H3,(H2,22,23,24). The molecule has 0 saturated carbocycles. The second kappa shape index (κ2) is 9.82. The number of carbonyl (C=O) groups is 1. The molecule has 0 fully saturated rings. The number of amides is 2. The molecule has 0 aromatic heterocycles. The fourth-order valence-electron chi connectivity index (χ4n) is 2.66. The lowest BCUT2D eigenvalue weighted by Gasteiger charge is -2.30. The van der Waals surface area contributed by atoms with E-state index in [1.165, 1.54) is 0 Å². The number of urea groups is 1. The number of carbonyl (C=O) groups excluding carboxylic acids is 1. The summed E-state index contributed by atoms with van der Waals surface area (Å²) in [4.78, 5) is 12.6. The van der Waals surface area contributed by atoms with Gasteiger partial charge in [0.2, 0.25) is 0 Å². The third-order valence-corrected chi connectivity index (χ3v) is 4.39. The van der Waals surface area contributed by atoms with Crippen LogP contribution in [0.4, 0.5) is 10.5 Å². The molecule has 0 aliphatic heterocycles. The summed E-state index contributed by atoms with van der Waals surface area (Å²) in [6.45, 7) is 5.25. The number of hydrogen-bond donors (Lipinski definition) is 2. The Morgan fingerprint density at radius 3 is 2.42 bits per heavy atom. The Balaban J connectivity index is 2.03. The molecule has 0 aliphatic carbocycles. The number of para-hydroxylation sites is 2. The molecular weight excluding hydrogens is 328 g/mol. The second-order valence-corrected chi connectivity index (χ2v) is 6.32. The molecule has 2 N–H and O–H groups in total. The molecular formula is C21H28N2O3. The van der Waals surface area contributed by atoms with E-state index in [0.717, 1.165) is 18.4 Å². The molecule has 1 atom stereocenters. The van der Waals surface area contributed by atoms with E-state index in [2.05, 4.69) is 17.6 Å². The highest BCUT2D eigenvalue weighted by Crippen LogP contribution is 2.26. The quantitative estimate of drug-likeness (QED) is 0.648. The van der Waals surface area contributed by atoms with Gasteiger partial charge in [-0.2, -0.15) is 0 Å². The highest BCUT2D eigenvalue weighted by atomic mass is 16.5. The Labute approximate surface area is 155 Å². The SMILES string of the molecule is CCC(C)(NC(=O)Nc1ccccc1OCCCOC)c1ccccc1. The maximum atomic E-state index is 12.6. The Morgan fingerprint density at radius 1 is 1.04 bits per heavy atom. The number of anilines is 1. The maximum absolute atomic E-state index is 12.6. The maximum Gasteiger partial charge on any atom is 0.320 e. The van der Waals surface area contributed by atoms with E-state index >= 15 is 0 Å². The van der Waals surface area contributed by atoms with Crippen LogP contribution >= 0.6 is 0 Å². The monoisotopic (exact) mass is 356 g/mol.